The molecule has 0 aliphatic heterocycles. The van der Waals surface area contributed by atoms with E-state index in [-0.39, 0.29) is 6.03 Å². The molecule has 130 valence electrons. The molecule has 6 nitrogen and oxygen atoms in total. The summed E-state index contributed by atoms with van der Waals surface area (Å²) in [6.07, 6.45) is 1.10. The lowest BCUT2D eigenvalue weighted by atomic mass is 10.1. The quantitative estimate of drug-likeness (QED) is 0.799. The van der Waals surface area contributed by atoms with Gasteiger partial charge in [0.25, 0.3) is 0 Å². The molecule has 1 rings (SSSR count). The number of carbonyl (C=O) groups excluding carboxylic acids is 1. The van der Waals surface area contributed by atoms with E-state index >= 15 is 0 Å². The van der Waals surface area contributed by atoms with Gasteiger partial charge >= 0.3 is 6.03 Å². The minimum Gasteiger partial charge on any atom is -0.324 e. The molecule has 23 heavy (non-hydrogen) atoms. The van der Waals surface area contributed by atoms with E-state index in [1.807, 2.05) is 0 Å². The van der Waals surface area contributed by atoms with Crippen molar-refractivity contribution in [2.24, 2.45) is 11.8 Å². The van der Waals surface area contributed by atoms with Crippen LogP contribution in [0.3, 0.4) is 0 Å². The summed E-state index contributed by atoms with van der Waals surface area (Å²) in [5.41, 5.74) is 1.10. The lowest BCUT2D eigenvalue weighted by Crippen LogP contribution is -2.39. The number of urea groups is 1. The van der Waals surface area contributed by atoms with E-state index in [2.05, 4.69) is 37.7 Å². The van der Waals surface area contributed by atoms with Gasteiger partial charge < -0.3 is 10.2 Å². The van der Waals surface area contributed by atoms with E-state index < -0.39 is 10.0 Å². The Labute approximate surface area is 139 Å². The van der Waals surface area contributed by atoms with Crippen LogP contribution in [-0.4, -0.2) is 38.7 Å². The molecule has 0 saturated heterocycles. The van der Waals surface area contributed by atoms with E-state index in [0.717, 1.165) is 6.26 Å². The predicted octanol–water partition coefficient (Wildman–Crippen LogP) is 3.20. The van der Waals surface area contributed by atoms with Crippen molar-refractivity contribution >= 4 is 27.4 Å². The van der Waals surface area contributed by atoms with Crippen LogP contribution in [0, 0.1) is 11.8 Å². The molecule has 0 spiro atoms. The van der Waals surface area contributed by atoms with Crippen LogP contribution in [0.1, 0.15) is 27.7 Å². The Kier molecular flexibility index (Phi) is 6.87. The van der Waals surface area contributed by atoms with Crippen molar-refractivity contribution in [3.05, 3.63) is 24.3 Å². The molecule has 0 radical (unpaired) electrons. The zero-order valence-corrected chi connectivity index (χ0v) is 15.3. The number of anilines is 2. The molecular formula is C16H27N3O3S. The molecule has 1 aromatic carbocycles. The Morgan fingerprint density at radius 3 is 1.83 bits per heavy atom. The number of nitrogens with one attached hydrogen (secondary N) is 2. The maximum Gasteiger partial charge on any atom is 0.321 e. The molecule has 0 aliphatic carbocycles. The van der Waals surface area contributed by atoms with Crippen molar-refractivity contribution in [3.63, 3.8) is 0 Å². The van der Waals surface area contributed by atoms with Gasteiger partial charge in [-0.15, -0.1) is 0 Å². The lowest BCUT2D eigenvalue weighted by Gasteiger charge is -2.26. The van der Waals surface area contributed by atoms with Crippen molar-refractivity contribution in [1.29, 1.82) is 0 Å². The fraction of sp³-hybridized carbons (Fsp3) is 0.562. The zero-order chi connectivity index (χ0) is 17.6. The van der Waals surface area contributed by atoms with Gasteiger partial charge in [0.15, 0.2) is 0 Å². The van der Waals surface area contributed by atoms with Gasteiger partial charge in [0, 0.05) is 24.5 Å². The second kappa shape index (κ2) is 8.19. The van der Waals surface area contributed by atoms with Crippen LogP contribution in [0.4, 0.5) is 16.2 Å². The van der Waals surface area contributed by atoms with Crippen molar-refractivity contribution < 1.29 is 13.2 Å². The number of nitrogens with zero attached hydrogens (tertiary/aromatic N) is 1. The van der Waals surface area contributed by atoms with Crippen LogP contribution in [0.2, 0.25) is 0 Å². The summed E-state index contributed by atoms with van der Waals surface area (Å²) < 4.78 is 24.7. The molecule has 0 saturated carbocycles. The van der Waals surface area contributed by atoms with Gasteiger partial charge in [0.2, 0.25) is 10.0 Å². The van der Waals surface area contributed by atoms with Gasteiger partial charge in [0.1, 0.15) is 0 Å². The van der Waals surface area contributed by atoms with Crippen molar-refractivity contribution in [2.45, 2.75) is 27.7 Å². The zero-order valence-electron chi connectivity index (χ0n) is 14.5. The molecule has 0 heterocycles. The second-order valence-corrected chi connectivity index (χ2v) is 8.32. The highest BCUT2D eigenvalue weighted by Gasteiger charge is 2.16. The molecular weight excluding hydrogens is 314 g/mol. The van der Waals surface area contributed by atoms with Gasteiger partial charge in [-0.25, -0.2) is 13.2 Å². The van der Waals surface area contributed by atoms with Crippen LogP contribution < -0.4 is 10.0 Å². The fourth-order valence-corrected chi connectivity index (χ4v) is 2.72. The van der Waals surface area contributed by atoms with Gasteiger partial charge in [-0.1, -0.05) is 27.7 Å². The van der Waals surface area contributed by atoms with Gasteiger partial charge in [-0.05, 0) is 36.1 Å². The highest BCUT2D eigenvalue weighted by molar-refractivity contribution is 7.92. The number of benzene rings is 1. The first-order valence-electron chi connectivity index (χ1n) is 7.70. The third kappa shape index (κ3) is 7.88. The minimum absolute atomic E-state index is 0.142. The molecule has 0 unspecified atom stereocenters. The van der Waals surface area contributed by atoms with Crippen LogP contribution >= 0.6 is 0 Å². The van der Waals surface area contributed by atoms with E-state index in [1.165, 1.54) is 0 Å². The number of carbonyl (C=O) groups is 1. The third-order valence-electron chi connectivity index (χ3n) is 2.90. The van der Waals surface area contributed by atoms with Crippen molar-refractivity contribution in [1.82, 2.24) is 4.90 Å². The van der Waals surface area contributed by atoms with E-state index in [4.69, 9.17) is 0 Å². The average Bonchev–Trinajstić information content (AvgIpc) is 2.37. The molecule has 2 N–H and O–H groups in total. The Hall–Kier alpha value is -1.76. The molecule has 7 heteroatoms. The van der Waals surface area contributed by atoms with Crippen molar-refractivity contribution in [3.8, 4) is 0 Å². The third-order valence-corrected chi connectivity index (χ3v) is 3.50. The first kappa shape index (κ1) is 19.3. The van der Waals surface area contributed by atoms with E-state index in [0.29, 0.717) is 36.3 Å². The van der Waals surface area contributed by atoms with Crippen LogP contribution in [0.25, 0.3) is 0 Å². The predicted molar refractivity (Wildman–Crippen MR) is 95.2 cm³/mol. The minimum atomic E-state index is -3.30. The summed E-state index contributed by atoms with van der Waals surface area (Å²) in [6.45, 7) is 9.69. The second-order valence-electron chi connectivity index (χ2n) is 6.57. The van der Waals surface area contributed by atoms with Gasteiger partial charge in [0.05, 0.1) is 6.26 Å². The Balaban J connectivity index is 2.74. The summed E-state index contributed by atoms with van der Waals surface area (Å²) in [5.74, 6) is 0.779. The summed E-state index contributed by atoms with van der Waals surface area (Å²) in [7, 11) is -3.30. The van der Waals surface area contributed by atoms with E-state index in [1.54, 1.807) is 29.2 Å². The number of rotatable bonds is 7. The Morgan fingerprint density at radius 1 is 1.00 bits per heavy atom. The fourth-order valence-electron chi connectivity index (χ4n) is 2.16. The normalized spacial score (nSPS) is 11.6. The molecule has 2 amide bonds. The number of hydrogen-bond donors (Lipinski definition) is 2. The van der Waals surface area contributed by atoms with Gasteiger partial charge in [-0.2, -0.15) is 0 Å². The average molecular weight is 341 g/mol. The topological polar surface area (TPSA) is 78.5 Å². The summed E-state index contributed by atoms with van der Waals surface area (Å²) in [6, 6.07) is 6.44. The number of sulfonamides is 1. The summed E-state index contributed by atoms with van der Waals surface area (Å²) >= 11 is 0. The van der Waals surface area contributed by atoms with Crippen LogP contribution in [0.5, 0.6) is 0 Å². The maximum absolute atomic E-state index is 12.4. The number of amides is 2. The maximum atomic E-state index is 12.4. The highest BCUT2D eigenvalue weighted by Crippen LogP contribution is 2.15. The monoisotopic (exact) mass is 341 g/mol. The Bertz CT molecular complexity index is 600. The Morgan fingerprint density at radius 2 is 1.43 bits per heavy atom. The molecule has 0 aliphatic rings. The van der Waals surface area contributed by atoms with Crippen LogP contribution in [-0.2, 0) is 10.0 Å². The largest absolute Gasteiger partial charge is 0.324 e. The summed E-state index contributed by atoms with van der Waals surface area (Å²) in [4.78, 5) is 14.2. The smallest absolute Gasteiger partial charge is 0.321 e. The molecule has 0 aromatic heterocycles. The van der Waals surface area contributed by atoms with Gasteiger partial charge in [-0.3, -0.25) is 4.72 Å². The standard InChI is InChI=1S/C16H27N3O3S/c1-12(2)10-19(11-13(3)4)16(20)17-14-6-8-15(9-7-14)18-23(5,21)22/h6-9,12-13,18H,10-11H2,1-5H3,(H,17,20). The van der Waals surface area contributed by atoms with E-state index in [9.17, 15) is 13.2 Å². The molecule has 0 atom stereocenters. The number of hydrogen-bond acceptors (Lipinski definition) is 3. The van der Waals surface area contributed by atoms with Crippen molar-refractivity contribution in [2.75, 3.05) is 29.4 Å². The molecule has 0 fully saturated rings. The van der Waals surface area contributed by atoms with Crippen LogP contribution in [0.15, 0.2) is 24.3 Å². The lowest BCUT2D eigenvalue weighted by molar-refractivity contribution is 0.196. The molecule has 0 bridgehead atoms. The first-order chi connectivity index (χ1) is 10.6. The summed E-state index contributed by atoms with van der Waals surface area (Å²) in [5, 5.41) is 2.85. The first-order valence-corrected chi connectivity index (χ1v) is 9.59. The SMILES string of the molecule is CC(C)CN(CC(C)C)C(=O)Nc1ccc(NS(C)(=O)=O)cc1. The highest BCUT2D eigenvalue weighted by atomic mass is 32.2. The molecule has 1 aromatic rings.